The van der Waals surface area contributed by atoms with Gasteiger partial charge in [-0.1, -0.05) is 30.3 Å². The van der Waals surface area contributed by atoms with Crippen LogP contribution in [0.3, 0.4) is 0 Å². The first-order valence-electron chi connectivity index (χ1n) is 12.1. The molecule has 0 aromatic heterocycles. The van der Waals surface area contributed by atoms with Crippen LogP contribution in [0, 0.1) is 0 Å². The monoisotopic (exact) mass is 565 g/mol. The fraction of sp³-hybridized carbons (Fsp3) is 0.296. The lowest BCUT2D eigenvalue weighted by Gasteiger charge is -2.33. The Labute approximate surface area is 223 Å². The molecular weight excluding hydrogens is 538 g/mol. The number of alkyl halides is 4. The highest BCUT2D eigenvalue weighted by atomic mass is 32.2. The number of amides is 1. The minimum atomic E-state index is -3.86. The zero-order chi connectivity index (χ0) is 28.2. The van der Waals surface area contributed by atoms with Gasteiger partial charge in [0.25, 0.3) is 18.3 Å². The predicted molar refractivity (Wildman–Crippen MR) is 142 cm³/mol. The molecule has 4 rings (SSSR count). The number of halogens is 4. The lowest BCUT2D eigenvalue weighted by atomic mass is 9.97. The maximum absolute atomic E-state index is 13.6. The number of aliphatic hydroxyl groups excluding tert-OH is 1. The first-order chi connectivity index (χ1) is 18.5. The van der Waals surface area contributed by atoms with Crippen molar-refractivity contribution in [2.45, 2.75) is 25.2 Å². The molecule has 208 valence electrons. The zero-order valence-electron chi connectivity index (χ0n) is 20.7. The maximum atomic E-state index is 13.6. The second-order valence-electron chi connectivity index (χ2n) is 9.18. The molecule has 0 spiro atoms. The fourth-order valence-corrected chi connectivity index (χ4v) is 5.10. The lowest BCUT2D eigenvalue weighted by molar-refractivity contribution is -0.0220. The van der Waals surface area contributed by atoms with E-state index in [1.807, 2.05) is 4.90 Å². The summed E-state index contributed by atoms with van der Waals surface area (Å²) in [5.74, 6) is -3.77. The maximum Gasteiger partial charge on any atom is 0.263 e. The van der Waals surface area contributed by atoms with Gasteiger partial charge in [0.2, 0.25) is 10.0 Å². The van der Waals surface area contributed by atoms with Crippen molar-refractivity contribution in [2.24, 2.45) is 0 Å². The summed E-state index contributed by atoms with van der Waals surface area (Å²) in [6, 6.07) is 16.2. The summed E-state index contributed by atoms with van der Waals surface area (Å²) in [7, 11) is -3.86. The van der Waals surface area contributed by atoms with E-state index in [0.29, 0.717) is 16.9 Å². The van der Waals surface area contributed by atoms with Gasteiger partial charge in [-0.25, -0.2) is 26.0 Å². The van der Waals surface area contributed by atoms with Crippen LogP contribution in [-0.2, 0) is 10.0 Å². The third kappa shape index (κ3) is 7.27. The Bertz CT molecular complexity index is 1420. The van der Waals surface area contributed by atoms with Gasteiger partial charge in [-0.05, 0) is 47.5 Å². The number of aliphatic hydroxyl groups is 1. The third-order valence-electron chi connectivity index (χ3n) is 6.34. The summed E-state index contributed by atoms with van der Waals surface area (Å²) in [5.41, 5.74) is 1.84. The van der Waals surface area contributed by atoms with Gasteiger partial charge in [-0.2, -0.15) is 0 Å². The van der Waals surface area contributed by atoms with E-state index in [1.54, 1.807) is 24.3 Å². The molecule has 0 atom stereocenters. The van der Waals surface area contributed by atoms with Crippen molar-refractivity contribution < 1.29 is 35.9 Å². The molecule has 1 aliphatic heterocycles. The predicted octanol–water partition coefficient (Wildman–Crippen LogP) is 5.51. The molecule has 0 radical (unpaired) electrons. The molecule has 1 heterocycles. The van der Waals surface area contributed by atoms with Crippen LogP contribution in [-0.4, -0.2) is 50.8 Å². The summed E-state index contributed by atoms with van der Waals surface area (Å²) in [6.07, 6.45) is -3.20. The highest BCUT2D eigenvalue weighted by Crippen LogP contribution is 2.33. The zero-order valence-corrected chi connectivity index (χ0v) is 21.5. The topological polar surface area (TPSA) is 98.7 Å². The molecule has 3 aromatic rings. The van der Waals surface area contributed by atoms with Crippen LogP contribution in [0.5, 0.6) is 0 Å². The van der Waals surface area contributed by atoms with Crippen molar-refractivity contribution in [1.82, 2.24) is 0 Å². The molecule has 0 aliphatic carbocycles. The molecule has 39 heavy (non-hydrogen) atoms. The molecule has 1 fully saturated rings. The van der Waals surface area contributed by atoms with Crippen molar-refractivity contribution in [2.75, 3.05) is 40.4 Å². The average Bonchev–Trinajstić information content (AvgIpc) is 2.88. The van der Waals surface area contributed by atoms with Crippen molar-refractivity contribution in [3.63, 3.8) is 0 Å². The number of nitrogens with one attached hydrogen (secondary N) is 2. The number of sulfonamides is 1. The van der Waals surface area contributed by atoms with Crippen LogP contribution >= 0.6 is 0 Å². The van der Waals surface area contributed by atoms with E-state index in [4.69, 9.17) is 5.11 Å². The Morgan fingerprint density at radius 3 is 2.31 bits per heavy atom. The average molecular weight is 566 g/mol. The second kappa shape index (κ2) is 11.6. The molecule has 0 saturated carbocycles. The van der Waals surface area contributed by atoms with Crippen molar-refractivity contribution in [3.8, 4) is 11.1 Å². The number of carbonyl (C=O) groups excluding carboxylic acids is 1. The molecule has 7 nitrogen and oxygen atoms in total. The summed E-state index contributed by atoms with van der Waals surface area (Å²) >= 11 is 0. The van der Waals surface area contributed by atoms with Crippen LogP contribution in [0.4, 0.5) is 34.6 Å². The smallest absolute Gasteiger partial charge is 0.263 e. The van der Waals surface area contributed by atoms with E-state index in [2.05, 4.69) is 10.0 Å². The summed E-state index contributed by atoms with van der Waals surface area (Å²) in [4.78, 5) is 15.2. The number of nitrogens with zero attached hydrogens (tertiary/aromatic N) is 1. The number of hydrogen-bond acceptors (Lipinski definition) is 5. The van der Waals surface area contributed by atoms with E-state index >= 15 is 0 Å². The molecule has 12 heteroatoms. The van der Waals surface area contributed by atoms with Crippen LogP contribution < -0.4 is 14.9 Å². The van der Waals surface area contributed by atoms with Gasteiger partial charge < -0.3 is 15.3 Å². The van der Waals surface area contributed by atoms with E-state index in [1.165, 1.54) is 42.5 Å². The Hall–Kier alpha value is -3.64. The number of anilines is 3. The molecule has 3 N–H and O–H groups in total. The standard InChI is InChI=1S/C27H27F4N3O4S/c28-25(29)19-6-4-18(5-7-19)24-17-21(33-39(37,38)15-14-35)8-9-23(24)26(36)32-20-2-1-3-22(16-20)34-12-10-27(30,31)11-13-34/h1-9,16-17,25,33,35H,10-15H2,(H,32,36). The molecule has 3 aromatic carbocycles. The summed E-state index contributed by atoms with van der Waals surface area (Å²) in [6.45, 7) is -0.232. The number of piperidine rings is 1. The minimum absolute atomic E-state index is 0.122. The normalized spacial score (nSPS) is 15.3. The molecule has 0 bridgehead atoms. The van der Waals surface area contributed by atoms with Gasteiger partial charge in [-0.15, -0.1) is 0 Å². The van der Waals surface area contributed by atoms with Gasteiger partial charge in [0, 0.05) is 54.1 Å². The van der Waals surface area contributed by atoms with Crippen LogP contribution in [0.1, 0.15) is 35.2 Å². The molecular formula is C27H27F4N3O4S. The lowest BCUT2D eigenvalue weighted by Crippen LogP contribution is -2.39. The third-order valence-corrected chi connectivity index (χ3v) is 7.60. The summed E-state index contributed by atoms with van der Waals surface area (Å²) in [5, 5.41) is 11.8. The van der Waals surface area contributed by atoms with Crippen LogP contribution in [0.15, 0.2) is 66.7 Å². The Balaban J connectivity index is 1.63. The highest BCUT2D eigenvalue weighted by Gasteiger charge is 2.34. The Morgan fingerprint density at radius 1 is 0.974 bits per heavy atom. The highest BCUT2D eigenvalue weighted by molar-refractivity contribution is 7.92. The van der Waals surface area contributed by atoms with Crippen molar-refractivity contribution in [3.05, 3.63) is 77.9 Å². The van der Waals surface area contributed by atoms with E-state index in [9.17, 15) is 30.8 Å². The summed E-state index contributed by atoms with van der Waals surface area (Å²) < 4.78 is 79.9. The van der Waals surface area contributed by atoms with Gasteiger partial charge in [0.1, 0.15) is 0 Å². The first kappa shape index (κ1) is 28.4. The van der Waals surface area contributed by atoms with Gasteiger partial charge in [0.15, 0.2) is 0 Å². The largest absolute Gasteiger partial charge is 0.395 e. The van der Waals surface area contributed by atoms with Gasteiger partial charge in [-0.3, -0.25) is 9.52 Å². The molecule has 1 amide bonds. The molecule has 1 aliphatic rings. The van der Waals surface area contributed by atoms with Crippen molar-refractivity contribution in [1.29, 1.82) is 0 Å². The van der Waals surface area contributed by atoms with Crippen LogP contribution in [0.2, 0.25) is 0 Å². The molecule has 1 saturated heterocycles. The minimum Gasteiger partial charge on any atom is -0.395 e. The second-order valence-corrected chi connectivity index (χ2v) is 11.0. The van der Waals surface area contributed by atoms with Gasteiger partial charge >= 0.3 is 0 Å². The fourth-order valence-electron chi connectivity index (χ4n) is 4.27. The quantitative estimate of drug-likeness (QED) is 0.297. The number of hydrogen-bond donors (Lipinski definition) is 3. The first-order valence-corrected chi connectivity index (χ1v) is 13.8. The van der Waals surface area contributed by atoms with E-state index in [-0.39, 0.29) is 48.3 Å². The molecule has 0 unspecified atom stereocenters. The van der Waals surface area contributed by atoms with Crippen molar-refractivity contribution >= 4 is 33.0 Å². The van der Waals surface area contributed by atoms with Crippen LogP contribution in [0.25, 0.3) is 11.1 Å². The Morgan fingerprint density at radius 2 is 1.67 bits per heavy atom. The SMILES string of the molecule is O=C(Nc1cccc(N2CCC(F)(F)CC2)c1)c1ccc(NS(=O)(=O)CCO)cc1-c1ccc(C(F)F)cc1. The number of rotatable bonds is 9. The van der Waals surface area contributed by atoms with E-state index in [0.717, 1.165) is 0 Å². The number of carbonyl (C=O) groups is 1. The number of benzene rings is 3. The van der Waals surface area contributed by atoms with E-state index < -0.39 is 40.6 Å². The Kier molecular flexibility index (Phi) is 8.45. The van der Waals surface area contributed by atoms with Gasteiger partial charge in [0.05, 0.1) is 12.4 Å².